The van der Waals surface area contributed by atoms with Crippen LogP contribution < -0.4 is 10.6 Å². The maximum absolute atomic E-state index is 8.85. The molecule has 2 heterocycles. The molecule has 0 aliphatic carbocycles. The first-order valence-corrected chi connectivity index (χ1v) is 6.92. The van der Waals surface area contributed by atoms with Crippen molar-refractivity contribution in [1.82, 2.24) is 15.1 Å². The molecule has 1 unspecified atom stereocenters. The number of nitrogens with two attached hydrogens (primary N) is 1. The van der Waals surface area contributed by atoms with Crippen molar-refractivity contribution in [3.63, 3.8) is 0 Å². The van der Waals surface area contributed by atoms with Crippen LogP contribution >= 0.6 is 0 Å². The predicted octanol–water partition coefficient (Wildman–Crippen LogP) is 0.492. The summed E-state index contributed by atoms with van der Waals surface area (Å²) in [5, 5.41) is 19.9. The second kappa shape index (κ2) is 6.51. The van der Waals surface area contributed by atoms with E-state index >= 15 is 0 Å². The molecule has 7 nitrogen and oxygen atoms in total. The van der Waals surface area contributed by atoms with Gasteiger partial charge in [0.05, 0.1) is 11.8 Å². The molecule has 0 aromatic carbocycles. The highest BCUT2D eigenvalue weighted by molar-refractivity contribution is 6.01. The Kier molecular flexibility index (Phi) is 4.73. The summed E-state index contributed by atoms with van der Waals surface area (Å²) in [6.45, 7) is 5.26. The Balaban J connectivity index is 2.15. The van der Waals surface area contributed by atoms with Crippen molar-refractivity contribution >= 4 is 11.7 Å². The van der Waals surface area contributed by atoms with Crippen LogP contribution in [-0.4, -0.2) is 58.9 Å². The van der Waals surface area contributed by atoms with Crippen molar-refractivity contribution in [3.05, 3.63) is 17.8 Å². The first kappa shape index (κ1) is 14.5. The molecular formula is C13H22N6O. The maximum atomic E-state index is 8.85. The number of likely N-dealkylation sites (tertiary alicyclic amines) is 1. The van der Waals surface area contributed by atoms with Crippen LogP contribution in [0.5, 0.6) is 0 Å². The molecule has 1 aliphatic heterocycles. The molecule has 110 valence electrons. The average molecular weight is 278 g/mol. The zero-order valence-corrected chi connectivity index (χ0v) is 12.0. The topological polar surface area (TPSA) is 90.9 Å². The summed E-state index contributed by atoms with van der Waals surface area (Å²) in [5.41, 5.74) is 6.29. The van der Waals surface area contributed by atoms with Crippen molar-refractivity contribution in [2.45, 2.75) is 25.8 Å². The van der Waals surface area contributed by atoms with E-state index in [2.05, 4.69) is 27.2 Å². The van der Waals surface area contributed by atoms with E-state index in [9.17, 15) is 0 Å². The van der Waals surface area contributed by atoms with Crippen LogP contribution in [0.4, 0.5) is 5.82 Å². The van der Waals surface area contributed by atoms with Crippen LogP contribution in [0.3, 0.4) is 0 Å². The van der Waals surface area contributed by atoms with Gasteiger partial charge in [0.15, 0.2) is 11.7 Å². The summed E-state index contributed by atoms with van der Waals surface area (Å²) in [6, 6.07) is 2.23. The summed E-state index contributed by atoms with van der Waals surface area (Å²) >= 11 is 0. The first-order valence-electron chi connectivity index (χ1n) is 6.92. The minimum atomic E-state index is 0.0560. The van der Waals surface area contributed by atoms with Crippen molar-refractivity contribution < 1.29 is 5.21 Å². The van der Waals surface area contributed by atoms with E-state index in [-0.39, 0.29) is 5.84 Å². The third-order valence-electron chi connectivity index (χ3n) is 3.84. The molecule has 1 fully saturated rings. The minimum absolute atomic E-state index is 0.0560. The Bertz CT molecular complexity index is 478. The Labute approximate surface area is 119 Å². The number of likely N-dealkylation sites (N-methyl/N-ethyl adjacent to an activating group) is 2. The van der Waals surface area contributed by atoms with Crippen molar-refractivity contribution in [2.24, 2.45) is 10.9 Å². The summed E-state index contributed by atoms with van der Waals surface area (Å²) < 4.78 is 0. The number of amidine groups is 1. The number of oxime groups is 1. The maximum Gasteiger partial charge on any atom is 0.173 e. The van der Waals surface area contributed by atoms with Crippen molar-refractivity contribution in [3.8, 4) is 0 Å². The van der Waals surface area contributed by atoms with E-state index in [1.54, 1.807) is 12.3 Å². The van der Waals surface area contributed by atoms with Gasteiger partial charge in [0, 0.05) is 19.6 Å². The number of rotatable bonds is 5. The van der Waals surface area contributed by atoms with Crippen LogP contribution in [0.15, 0.2) is 17.4 Å². The molecule has 1 aliphatic rings. The molecule has 0 radical (unpaired) electrons. The monoisotopic (exact) mass is 278 g/mol. The van der Waals surface area contributed by atoms with Gasteiger partial charge in [-0.1, -0.05) is 12.1 Å². The van der Waals surface area contributed by atoms with Crippen molar-refractivity contribution in [2.75, 3.05) is 31.6 Å². The molecule has 0 bridgehead atoms. The highest BCUT2D eigenvalue weighted by Crippen LogP contribution is 2.21. The summed E-state index contributed by atoms with van der Waals surface area (Å²) in [7, 11) is 1.96. The van der Waals surface area contributed by atoms with Gasteiger partial charge >= 0.3 is 0 Å². The number of hydrogen-bond donors (Lipinski definition) is 2. The second-order valence-corrected chi connectivity index (χ2v) is 5.06. The fraction of sp³-hybridized carbons (Fsp3) is 0.615. The molecule has 0 saturated carbocycles. The first-order chi connectivity index (χ1) is 9.67. The molecule has 1 aromatic heterocycles. The molecule has 1 aromatic rings. The van der Waals surface area contributed by atoms with Crippen LogP contribution in [0.1, 0.15) is 25.3 Å². The van der Waals surface area contributed by atoms with Gasteiger partial charge in [-0.2, -0.15) is 5.10 Å². The summed E-state index contributed by atoms with van der Waals surface area (Å²) in [4.78, 5) is 4.50. The Morgan fingerprint density at radius 2 is 2.45 bits per heavy atom. The van der Waals surface area contributed by atoms with Crippen LogP contribution in [-0.2, 0) is 0 Å². The lowest BCUT2D eigenvalue weighted by molar-refractivity contribution is 0.270. The third-order valence-corrected chi connectivity index (χ3v) is 3.84. The zero-order chi connectivity index (χ0) is 14.5. The van der Waals surface area contributed by atoms with Crippen LogP contribution in [0.2, 0.25) is 0 Å². The van der Waals surface area contributed by atoms with E-state index in [0.717, 1.165) is 19.6 Å². The van der Waals surface area contributed by atoms with E-state index in [4.69, 9.17) is 10.9 Å². The van der Waals surface area contributed by atoms with E-state index in [1.165, 1.54) is 12.8 Å². The van der Waals surface area contributed by atoms with Crippen molar-refractivity contribution in [1.29, 1.82) is 0 Å². The summed E-state index contributed by atoms with van der Waals surface area (Å²) in [6.07, 6.45) is 3.97. The van der Waals surface area contributed by atoms with Crippen LogP contribution in [0.25, 0.3) is 0 Å². The lowest BCUT2D eigenvalue weighted by atomic mass is 10.2. The molecule has 0 amide bonds. The smallest absolute Gasteiger partial charge is 0.173 e. The Morgan fingerprint density at radius 3 is 3.15 bits per heavy atom. The van der Waals surface area contributed by atoms with Gasteiger partial charge < -0.3 is 15.8 Å². The molecular weight excluding hydrogens is 256 g/mol. The van der Waals surface area contributed by atoms with E-state index in [0.29, 0.717) is 17.4 Å². The van der Waals surface area contributed by atoms with Gasteiger partial charge in [0.2, 0.25) is 0 Å². The SMILES string of the molecule is CCN1CCCC1CN(C)c1nnccc1/C(N)=N/O. The van der Waals surface area contributed by atoms with Gasteiger partial charge in [-0.25, -0.2) is 0 Å². The normalized spacial score (nSPS) is 20.3. The average Bonchev–Trinajstić information content (AvgIpc) is 2.93. The number of anilines is 1. The summed E-state index contributed by atoms with van der Waals surface area (Å²) in [5.74, 6) is 0.700. The largest absolute Gasteiger partial charge is 0.409 e. The number of nitrogens with zero attached hydrogens (tertiary/aromatic N) is 5. The molecule has 3 N–H and O–H groups in total. The molecule has 0 spiro atoms. The fourth-order valence-corrected chi connectivity index (χ4v) is 2.78. The van der Waals surface area contributed by atoms with E-state index < -0.39 is 0 Å². The lowest BCUT2D eigenvalue weighted by Crippen LogP contribution is -2.39. The van der Waals surface area contributed by atoms with Gasteiger partial charge in [0.25, 0.3) is 0 Å². The van der Waals surface area contributed by atoms with Gasteiger partial charge in [-0.05, 0) is 32.0 Å². The number of hydrogen-bond acceptors (Lipinski definition) is 6. The number of aromatic nitrogens is 2. The molecule has 20 heavy (non-hydrogen) atoms. The van der Waals surface area contributed by atoms with E-state index in [1.807, 2.05) is 11.9 Å². The van der Waals surface area contributed by atoms with Crippen LogP contribution in [0, 0.1) is 0 Å². The lowest BCUT2D eigenvalue weighted by Gasteiger charge is -2.28. The Hall–Kier alpha value is -1.89. The molecule has 1 saturated heterocycles. The molecule has 2 rings (SSSR count). The third kappa shape index (κ3) is 2.98. The predicted molar refractivity (Wildman–Crippen MR) is 78.1 cm³/mol. The fourth-order valence-electron chi connectivity index (χ4n) is 2.78. The quantitative estimate of drug-likeness (QED) is 0.352. The highest BCUT2D eigenvalue weighted by Gasteiger charge is 2.25. The zero-order valence-electron chi connectivity index (χ0n) is 12.0. The molecule has 1 atom stereocenters. The minimum Gasteiger partial charge on any atom is -0.409 e. The highest BCUT2D eigenvalue weighted by atomic mass is 16.4. The van der Waals surface area contributed by atoms with Gasteiger partial charge in [-0.15, -0.1) is 5.10 Å². The standard InChI is InChI=1S/C13H22N6O/c1-3-19-8-4-5-10(19)9-18(2)13-11(12(14)17-20)6-7-15-16-13/h6-7,10,20H,3-5,8-9H2,1-2H3,(H2,14,17). The van der Waals surface area contributed by atoms with Gasteiger partial charge in [-0.3, -0.25) is 4.90 Å². The molecule has 7 heteroatoms. The second-order valence-electron chi connectivity index (χ2n) is 5.06. The van der Waals surface area contributed by atoms with Gasteiger partial charge in [0.1, 0.15) is 0 Å². The Morgan fingerprint density at radius 1 is 1.65 bits per heavy atom.